The van der Waals surface area contributed by atoms with Gasteiger partial charge in [0.25, 0.3) is 0 Å². The molecule has 1 unspecified atom stereocenters. The van der Waals surface area contributed by atoms with Crippen LogP contribution >= 0.6 is 0 Å². The third-order valence-electron chi connectivity index (χ3n) is 3.77. The summed E-state index contributed by atoms with van der Waals surface area (Å²) in [6, 6.07) is 14.9. The summed E-state index contributed by atoms with van der Waals surface area (Å²) >= 11 is 0. The highest BCUT2D eigenvalue weighted by Crippen LogP contribution is 2.22. The summed E-state index contributed by atoms with van der Waals surface area (Å²) in [5.74, 6) is -0.490. The van der Waals surface area contributed by atoms with Gasteiger partial charge in [-0.25, -0.2) is 4.39 Å². The molecule has 0 aliphatic heterocycles. The molecule has 0 aliphatic rings. The minimum absolute atomic E-state index is 0.221. The second-order valence-electron chi connectivity index (χ2n) is 6.00. The third kappa shape index (κ3) is 3.92. The zero-order valence-electron chi connectivity index (χ0n) is 12.8. The van der Waals surface area contributed by atoms with Gasteiger partial charge in [0.1, 0.15) is 11.9 Å². The number of rotatable bonds is 5. The molecule has 0 saturated carbocycles. The molecule has 2 rings (SSSR count). The van der Waals surface area contributed by atoms with Crippen molar-refractivity contribution in [3.63, 3.8) is 0 Å². The molecule has 0 spiro atoms. The monoisotopic (exact) mass is 300 g/mol. The second kappa shape index (κ2) is 6.71. The molecule has 2 aromatic rings. The number of carbonyl (C=O) groups is 1. The molecule has 0 saturated heterocycles. The van der Waals surface area contributed by atoms with Crippen LogP contribution in [0.2, 0.25) is 0 Å². The van der Waals surface area contributed by atoms with E-state index in [9.17, 15) is 9.18 Å². The number of amides is 1. The lowest BCUT2D eigenvalue weighted by atomic mass is 9.84. The molecule has 0 heterocycles. The minimum atomic E-state index is -0.690. The summed E-state index contributed by atoms with van der Waals surface area (Å²) in [4.78, 5) is 12.2. The molecule has 0 aliphatic carbocycles. The maximum Gasteiger partial charge on any atom is 0.241 e. The largest absolute Gasteiger partial charge is 0.354 e. The first-order valence-corrected chi connectivity index (χ1v) is 7.24. The zero-order chi connectivity index (χ0) is 16.2. The SMILES string of the molecule is CC(C)(CNC(=O)C(N)c1ccccc1)c1ccc(F)cc1. The van der Waals surface area contributed by atoms with Crippen LogP contribution in [-0.2, 0) is 10.2 Å². The molecule has 1 atom stereocenters. The fourth-order valence-corrected chi connectivity index (χ4v) is 2.23. The van der Waals surface area contributed by atoms with Crippen LogP contribution < -0.4 is 11.1 Å². The van der Waals surface area contributed by atoms with Gasteiger partial charge >= 0.3 is 0 Å². The summed E-state index contributed by atoms with van der Waals surface area (Å²) in [6.45, 7) is 4.42. The van der Waals surface area contributed by atoms with E-state index in [-0.39, 0.29) is 17.1 Å². The number of nitrogens with two attached hydrogens (primary N) is 1. The van der Waals surface area contributed by atoms with Crippen LogP contribution in [0.3, 0.4) is 0 Å². The standard InChI is InChI=1S/C18H21FN2O/c1-18(2,14-8-10-15(19)11-9-14)12-21-17(22)16(20)13-6-4-3-5-7-13/h3-11,16H,12,20H2,1-2H3,(H,21,22). The van der Waals surface area contributed by atoms with E-state index in [1.165, 1.54) is 12.1 Å². The van der Waals surface area contributed by atoms with E-state index < -0.39 is 6.04 Å². The summed E-state index contributed by atoms with van der Waals surface area (Å²) in [7, 11) is 0. The Bertz CT molecular complexity index is 623. The van der Waals surface area contributed by atoms with E-state index in [1.54, 1.807) is 12.1 Å². The molecule has 0 fully saturated rings. The molecule has 3 N–H and O–H groups in total. The second-order valence-corrected chi connectivity index (χ2v) is 6.00. The van der Waals surface area contributed by atoms with Gasteiger partial charge in [0.05, 0.1) is 0 Å². The van der Waals surface area contributed by atoms with Crippen LogP contribution in [0.15, 0.2) is 54.6 Å². The first-order chi connectivity index (χ1) is 10.4. The molecule has 0 aromatic heterocycles. The first kappa shape index (κ1) is 16.2. The van der Waals surface area contributed by atoms with Crippen molar-refractivity contribution in [3.8, 4) is 0 Å². The number of hydrogen-bond donors (Lipinski definition) is 2. The normalized spacial score (nSPS) is 12.7. The Balaban J connectivity index is 1.99. The topological polar surface area (TPSA) is 55.1 Å². The van der Waals surface area contributed by atoms with Gasteiger partial charge in [-0.05, 0) is 23.3 Å². The molecule has 3 nitrogen and oxygen atoms in total. The van der Waals surface area contributed by atoms with Gasteiger partial charge in [0.2, 0.25) is 5.91 Å². The Morgan fingerprint density at radius 1 is 1.14 bits per heavy atom. The summed E-state index contributed by atoms with van der Waals surface area (Å²) < 4.78 is 13.0. The quantitative estimate of drug-likeness (QED) is 0.892. The number of halogens is 1. The predicted octanol–water partition coefficient (Wildman–Crippen LogP) is 2.92. The lowest BCUT2D eigenvalue weighted by Crippen LogP contribution is -2.41. The molecule has 1 amide bonds. The van der Waals surface area contributed by atoms with Crippen molar-refractivity contribution in [2.24, 2.45) is 5.73 Å². The van der Waals surface area contributed by atoms with Gasteiger partial charge in [-0.15, -0.1) is 0 Å². The van der Waals surface area contributed by atoms with Crippen LogP contribution in [0.4, 0.5) is 4.39 Å². The summed E-state index contributed by atoms with van der Waals surface area (Å²) in [5.41, 5.74) is 7.40. The summed E-state index contributed by atoms with van der Waals surface area (Å²) in [6.07, 6.45) is 0. The molecular formula is C18H21FN2O. The first-order valence-electron chi connectivity index (χ1n) is 7.24. The van der Waals surface area contributed by atoms with Gasteiger partial charge in [-0.3, -0.25) is 4.79 Å². The van der Waals surface area contributed by atoms with Crippen LogP contribution in [0, 0.1) is 5.82 Å². The Morgan fingerprint density at radius 2 is 1.73 bits per heavy atom. The Morgan fingerprint density at radius 3 is 2.32 bits per heavy atom. The highest BCUT2D eigenvalue weighted by molar-refractivity contribution is 5.83. The Labute approximate surface area is 130 Å². The van der Waals surface area contributed by atoms with E-state index in [0.29, 0.717) is 6.54 Å². The molecule has 22 heavy (non-hydrogen) atoms. The average molecular weight is 300 g/mol. The van der Waals surface area contributed by atoms with Gasteiger partial charge in [0, 0.05) is 12.0 Å². The number of benzene rings is 2. The van der Waals surface area contributed by atoms with E-state index in [4.69, 9.17) is 5.73 Å². The van der Waals surface area contributed by atoms with Crippen LogP contribution in [0.1, 0.15) is 31.0 Å². The lowest BCUT2D eigenvalue weighted by Gasteiger charge is -2.26. The number of nitrogens with one attached hydrogen (secondary N) is 1. The van der Waals surface area contributed by atoms with Gasteiger partial charge in [0.15, 0.2) is 0 Å². The molecule has 0 bridgehead atoms. The van der Waals surface area contributed by atoms with E-state index in [2.05, 4.69) is 5.32 Å². The Hall–Kier alpha value is -2.20. The van der Waals surface area contributed by atoms with Crippen LogP contribution in [0.5, 0.6) is 0 Å². The average Bonchev–Trinajstić information content (AvgIpc) is 2.53. The van der Waals surface area contributed by atoms with E-state index in [1.807, 2.05) is 44.2 Å². The molecule has 4 heteroatoms. The maximum atomic E-state index is 13.0. The highest BCUT2D eigenvalue weighted by atomic mass is 19.1. The van der Waals surface area contributed by atoms with Crippen molar-refractivity contribution < 1.29 is 9.18 Å². The summed E-state index contributed by atoms with van der Waals surface area (Å²) in [5, 5.41) is 2.88. The zero-order valence-corrected chi connectivity index (χ0v) is 12.8. The lowest BCUT2D eigenvalue weighted by molar-refractivity contribution is -0.122. The maximum absolute atomic E-state index is 13.0. The van der Waals surface area contributed by atoms with Crippen LogP contribution in [0.25, 0.3) is 0 Å². The van der Waals surface area contributed by atoms with Gasteiger partial charge in [-0.1, -0.05) is 56.3 Å². The molecule has 2 aromatic carbocycles. The van der Waals surface area contributed by atoms with Gasteiger partial charge < -0.3 is 11.1 Å². The van der Waals surface area contributed by atoms with Crippen molar-refractivity contribution in [1.82, 2.24) is 5.32 Å². The van der Waals surface area contributed by atoms with Crippen molar-refractivity contribution in [1.29, 1.82) is 0 Å². The van der Waals surface area contributed by atoms with Crippen LogP contribution in [-0.4, -0.2) is 12.5 Å². The van der Waals surface area contributed by atoms with E-state index >= 15 is 0 Å². The number of hydrogen-bond acceptors (Lipinski definition) is 2. The van der Waals surface area contributed by atoms with Crippen molar-refractivity contribution >= 4 is 5.91 Å². The van der Waals surface area contributed by atoms with Crippen molar-refractivity contribution in [3.05, 3.63) is 71.5 Å². The Kier molecular flexibility index (Phi) is 4.93. The molecule has 0 radical (unpaired) electrons. The van der Waals surface area contributed by atoms with E-state index in [0.717, 1.165) is 11.1 Å². The highest BCUT2D eigenvalue weighted by Gasteiger charge is 2.23. The molecule has 116 valence electrons. The predicted molar refractivity (Wildman–Crippen MR) is 85.8 cm³/mol. The fraction of sp³-hybridized carbons (Fsp3) is 0.278. The van der Waals surface area contributed by atoms with Crippen molar-refractivity contribution in [2.45, 2.75) is 25.3 Å². The fourth-order valence-electron chi connectivity index (χ4n) is 2.23. The van der Waals surface area contributed by atoms with Gasteiger partial charge in [-0.2, -0.15) is 0 Å². The smallest absolute Gasteiger partial charge is 0.241 e. The van der Waals surface area contributed by atoms with Crippen molar-refractivity contribution in [2.75, 3.05) is 6.54 Å². The molecular weight excluding hydrogens is 279 g/mol. The number of carbonyl (C=O) groups excluding carboxylic acids is 1. The minimum Gasteiger partial charge on any atom is -0.354 e. The third-order valence-corrected chi connectivity index (χ3v) is 3.77.